The highest BCUT2D eigenvalue weighted by molar-refractivity contribution is 9.10. The van der Waals surface area contributed by atoms with E-state index < -0.39 is 5.82 Å². The highest BCUT2D eigenvalue weighted by atomic mass is 79.9. The van der Waals surface area contributed by atoms with Gasteiger partial charge < -0.3 is 9.15 Å². The molecule has 0 spiro atoms. The van der Waals surface area contributed by atoms with Gasteiger partial charge >= 0.3 is 0 Å². The second-order valence-corrected chi connectivity index (χ2v) is 4.00. The average molecular weight is 299 g/mol. The van der Waals surface area contributed by atoms with Gasteiger partial charge in [-0.3, -0.25) is 4.79 Å². The Hall–Kier alpha value is -1.62. The van der Waals surface area contributed by atoms with Crippen LogP contribution in [0.15, 0.2) is 39.6 Å². The number of ether oxygens (including phenoxy) is 1. The molecule has 0 radical (unpaired) electrons. The van der Waals surface area contributed by atoms with Crippen molar-refractivity contribution >= 4 is 21.7 Å². The van der Waals surface area contributed by atoms with Crippen molar-refractivity contribution in [3.63, 3.8) is 0 Å². The lowest BCUT2D eigenvalue weighted by molar-refractivity contribution is 0.103. The van der Waals surface area contributed by atoms with Gasteiger partial charge in [0.1, 0.15) is 11.6 Å². The summed E-state index contributed by atoms with van der Waals surface area (Å²) in [6, 6.07) is 5.30. The van der Waals surface area contributed by atoms with E-state index in [9.17, 15) is 9.18 Å². The van der Waals surface area contributed by atoms with Crippen molar-refractivity contribution in [2.75, 3.05) is 7.11 Å². The predicted molar refractivity (Wildman–Crippen MR) is 62.8 cm³/mol. The monoisotopic (exact) mass is 298 g/mol. The Balaban J connectivity index is 2.50. The van der Waals surface area contributed by atoms with Crippen LogP contribution in [0.2, 0.25) is 0 Å². The fourth-order valence-corrected chi connectivity index (χ4v) is 1.88. The lowest BCUT2D eigenvalue weighted by atomic mass is 10.0. The first kappa shape index (κ1) is 11.9. The standard InChI is InChI=1S/C12H8BrFO3/c1-16-10-3-2-7(14)6-9(10)11(15)8-4-5-17-12(8)13/h2-6H,1H3. The lowest BCUT2D eigenvalue weighted by Gasteiger charge is -2.06. The van der Waals surface area contributed by atoms with Crippen LogP contribution >= 0.6 is 15.9 Å². The van der Waals surface area contributed by atoms with Gasteiger partial charge in [0.25, 0.3) is 0 Å². The van der Waals surface area contributed by atoms with Gasteiger partial charge in [-0.25, -0.2) is 4.39 Å². The maximum absolute atomic E-state index is 13.1. The van der Waals surface area contributed by atoms with Crippen molar-refractivity contribution in [3.8, 4) is 5.75 Å². The molecule has 2 rings (SSSR count). The van der Waals surface area contributed by atoms with Crippen molar-refractivity contribution in [2.24, 2.45) is 0 Å². The molecule has 88 valence electrons. The lowest BCUT2D eigenvalue weighted by Crippen LogP contribution is -2.04. The van der Waals surface area contributed by atoms with E-state index >= 15 is 0 Å². The minimum absolute atomic E-state index is 0.162. The molecule has 0 aliphatic heterocycles. The first-order valence-corrected chi connectivity index (χ1v) is 5.54. The molecular formula is C12H8BrFO3. The zero-order chi connectivity index (χ0) is 12.4. The van der Waals surface area contributed by atoms with Crippen LogP contribution in [0.25, 0.3) is 0 Å². The largest absolute Gasteiger partial charge is 0.496 e. The van der Waals surface area contributed by atoms with Crippen molar-refractivity contribution < 1.29 is 18.3 Å². The third-order valence-corrected chi connectivity index (χ3v) is 2.88. The Labute approximate surface area is 105 Å². The van der Waals surface area contributed by atoms with Crippen molar-refractivity contribution in [1.82, 2.24) is 0 Å². The molecule has 0 fully saturated rings. The van der Waals surface area contributed by atoms with Crippen LogP contribution in [0.4, 0.5) is 4.39 Å². The number of methoxy groups -OCH3 is 1. The molecule has 17 heavy (non-hydrogen) atoms. The molecule has 0 saturated heterocycles. The highest BCUT2D eigenvalue weighted by Gasteiger charge is 2.19. The minimum Gasteiger partial charge on any atom is -0.496 e. The zero-order valence-electron chi connectivity index (χ0n) is 8.87. The Bertz CT molecular complexity index is 563. The third kappa shape index (κ3) is 2.24. The van der Waals surface area contributed by atoms with Crippen LogP contribution < -0.4 is 4.74 Å². The van der Waals surface area contributed by atoms with Gasteiger partial charge in [0.05, 0.1) is 24.5 Å². The molecule has 0 amide bonds. The van der Waals surface area contributed by atoms with E-state index in [0.29, 0.717) is 16.0 Å². The van der Waals surface area contributed by atoms with Crippen LogP contribution in [0.1, 0.15) is 15.9 Å². The van der Waals surface area contributed by atoms with E-state index in [0.717, 1.165) is 6.07 Å². The molecule has 5 heteroatoms. The highest BCUT2D eigenvalue weighted by Crippen LogP contribution is 2.26. The van der Waals surface area contributed by atoms with Crippen LogP contribution in [-0.2, 0) is 0 Å². The minimum atomic E-state index is -0.492. The van der Waals surface area contributed by atoms with Gasteiger partial charge in [-0.2, -0.15) is 0 Å². The predicted octanol–water partition coefficient (Wildman–Crippen LogP) is 3.42. The summed E-state index contributed by atoms with van der Waals surface area (Å²) >= 11 is 3.11. The number of carbonyl (C=O) groups is 1. The van der Waals surface area contributed by atoms with E-state index in [1.165, 1.54) is 31.6 Å². The average Bonchev–Trinajstić information content (AvgIpc) is 2.74. The molecule has 2 aromatic rings. The molecule has 0 bridgehead atoms. The summed E-state index contributed by atoms with van der Waals surface area (Å²) < 4.78 is 23.5. The van der Waals surface area contributed by atoms with E-state index in [1.54, 1.807) is 0 Å². The normalized spacial score (nSPS) is 10.3. The van der Waals surface area contributed by atoms with Crippen LogP contribution in [-0.4, -0.2) is 12.9 Å². The number of benzene rings is 1. The molecule has 0 saturated carbocycles. The number of hydrogen-bond donors (Lipinski definition) is 0. The fraction of sp³-hybridized carbons (Fsp3) is 0.0833. The Kier molecular flexibility index (Phi) is 3.28. The summed E-state index contributed by atoms with van der Waals surface area (Å²) in [6.07, 6.45) is 1.38. The first-order chi connectivity index (χ1) is 8.13. The number of carbonyl (C=O) groups excluding carboxylic acids is 1. The molecule has 0 aliphatic carbocycles. The molecule has 1 aromatic heterocycles. The number of halogens is 2. The Morgan fingerprint density at radius 1 is 1.35 bits per heavy atom. The summed E-state index contributed by atoms with van der Waals surface area (Å²) in [4.78, 5) is 12.1. The van der Waals surface area contributed by atoms with Crippen LogP contribution in [0.5, 0.6) is 5.75 Å². The van der Waals surface area contributed by atoms with Crippen molar-refractivity contribution in [1.29, 1.82) is 0 Å². The van der Waals surface area contributed by atoms with Gasteiger partial charge in [0.2, 0.25) is 5.78 Å². The SMILES string of the molecule is COc1ccc(F)cc1C(=O)c1ccoc1Br. The molecule has 1 heterocycles. The molecule has 0 N–H and O–H groups in total. The summed E-state index contributed by atoms with van der Waals surface area (Å²) in [5.74, 6) is -0.528. The number of rotatable bonds is 3. The summed E-state index contributed by atoms with van der Waals surface area (Å²) in [5.41, 5.74) is 0.489. The summed E-state index contributed by atoms with van der Waals surface area (Å²) in [6.45, 7) is 0. The molecule has 0 aliphatic rings. The second kappa shape index (κ2) is 4.71. The number of ketones is 1. The Morgan fingerprint density at radius 3 is 2.71 bits per heavy atom. The van der Waals surface area contributed by atoms with E-state index in [-0.39, 0.29) is 11.3 Å². The molecule has 0 atom stereocenters. The molecule has 0 unspecified atom stereocenters. The summed E-state index contributed by atoms with van der Waals surface area (Å²) in [5, 5.41) is 0. The van der Waals surface area contributed by atoms with Crippen molar-refractivity contribution in [2.45, 2.75) is 0 Å². The van der Waals surface area contributed by atoms with E-state index in [2.05, 4.69) is 15.9 Å². The van der Waals surface area contributed by atoms with Crippen LogP contribution in [0, 0.1) is 5.82 Å². The number of hydrogen-bond acceptors (Lipinski definition) is 3. The quantitative estimate of drug-likeness (QED) is 0.815. The van der Waals surface area contributed by atoms with Gasteiger partial charge in [-0.05, 0) is 40.2 Å². The van der Waals surface area contributed by atoms with Gasteiger partial charge in [-0.15, -0.1) is 0 Å². The first-order valence-electron chi connectivity index (χ1n) is 4.74. The van der Waals surface area contributed by atoms with Crippen molar-refractivity contribution in [3.05, 3.63) is 52.1 Å². The van der Waals surface area contributed by atoms with Crippen LogP contribution in [0.3, 0.4) is 0 Å². The fourth-order valence-electron chi connectivity index (χ4n) is 1.46. The smallest absolute Gasteiger partial charge is 0.201 e. The molecular weight excluding hydrogens is 291 g/mol. The maximum Gasteiger partial charge on any atom is 0.201 e. The van der Waals surface area contributed by atoms with E-state index in [1.807, 2.05) is 0 Å². The second-order valence-electron chi connectivity index (χ2n) is 3.28. The molecule has 1 aromatic carbocycles. The topological polar surface area (TPSA) is 39.4 Å². The number of furan rings is 1. The molecule has 3 nitrogen and oxygen atoms in total. The third-order valence-electron chi connectivity index (χ3n) is 2.27. The maximum atomic E-state index is 13.1. The van der Waals surface area contributed by atoms with Gasteiger partial charge in [0, 0.05) is 0 Å². The van der Waals surface area contributed by atoms with Gasteiger partial charge in [-0.1, -0.05) is 0 Å². The van der Waals surface area contributed by atoms with Gasteiger partial charge in [0.15, 0.2) is 4.67 Å². The summed E-state index contributed by atoms with van der Waals surface area (Å²) in [7, 11) is 1.43. The zero-order valence-corrected chi connectivity index (χ0v) is 10.5. The Morgan fingerprint density at radius 2 is 2.12 bits per heavy atom. The van der Waals surface area contributed by atoms with E-state index in [4.69, 9.17) is 9.15 Å².